The highest BCUT2D eigenvalue weighted by atomic mass is 16.2. The van der Waals surface area contributed by atoms with Gasteiger partial charge in [0.15, 0.2) is 0 Å². The van der Waals surface area contributed by atoms with Gasteiger partial charge in [0, 0.05) is 24.9 Å². The molecule has 1 fully saturated rings. The molecule has 2 N–H and O–H groups in total. The van der Waals surface area contributed by atoms with E-state index >= 15 is 0 Å². The van der Waals surface area contributed by atoms with E-state index in [1.165, 1.54) is 19.3 Å². The summed E-state index contributed by atoms with van der Waals surface area (Å²) < 4.78 is 0. The third-order valence-electron chi connectivity index (χ3n) is 3.59. The number of aliphatic hydroxyl groups is 1. The minimum atomic E-state index is 0.0872. The van der Waals surface area contributed by atoms with Crippen LogP contribution in [0, 0.1) is 17.8 Å². The molecule has 0 aromatic heterocycles. The summed E-state index contributed by atoms with van der Waals surface area (Å²) in [4.78, 5) is 11.7. The van der Waals surface area contributed by atoms with E-state index in [-0.39, 0.29) is 12.5 Å². The molecule has 3 nitrogen and oxygen atoms in total. The number of carbonyl (C=O) groups excluding carboxylic acids is 1. The van der Waals surface area contributed by atoms with Crippen molar-refractivity contribution < 1.29 is 9.90 Å². The van der Waals surface area contributed by atoms with Crippen LogP contribution in [-0.2, 0) is 11.3 Å². The first-order chi connectivity index (χ1) is 9.78. The molecule has 1 saturated carbocycles. The van der Waals surface area contributed by atoms with Crippen molar-refractivity contribution >= 4 is 5.91 Å². The summed E-state index contributed by atoms with van der Waals surface area (Å²) in [6, 6.07) is 7.84. The third-order valence-corrected chi connectivity index (χ3v) is 3.59. The van der Waals surface area contributed by atoms with E-state index in [1.807, 2.05) is 24.3 Å². The first kappa shape index (κ1) is 14.6. The van der Waals surface area contributed by atoms with Gasteiger partial charge in [0.1, 0.15) is 0 Å². The number of hydrogen-bond acceptors (Lipinski definition) is 2. The van der Waals surface area contributed by atoms with Crippen LogP contribution in [0.2, 0.25) is 0 Å². The average molecular weight is 271 g/mol. The van der Waals surface area contributed by atoms with Gasteiger partial charge in [-0.2, -0.15) is 0 Å². The Hall–Kier alpha value is -1.79. The molecule has 3 heteroatoms. The van der Waals surface area contributed by atoms with Gasteiger partial charge in [-0.3, -0.25) is 4.79 Å². The molecule has 0 bridgehead atoms. The van der Waals surface area contributed by atoms with E-state index in [0.29, 0.717) is 25.3 Å². The van der Waals surface area contributed by atoms with E-state index in [0.717, 1.165) is 11.1 Å². The monoisotopic (exact) mass is 271 g/mol. The summed E-state index contributed by atoms with van der Waals surface area (Å²) in [7, 11) is 0. The van der Waals surface area contributed by atoms with E-state index < -0.39 is 0 Å². The maximum absolute atomic E-state index is 11.7. The normalized spacial score (nSPS) is 14.1. The van der Waals surface area contributed by atoms with Crippen LogP contribution >= 0.6 is 0 Å². The standard InChI is InChI=1S/C17H21NO2/c19-10-2-1-5-14-6-4-9-16(11-14)13-18-17(20)12-15-7-3-8-15/h4,6,9,11,15,19H,2-3,7-8,10,12-13H2,(H,18,20). The maximum Gasteiger partial charge on any atom is 0.220 e. The number of aliphatic hydroxyl groups excluding tert-OH is 1. The molecule has 0 saturated heterocycles. The van der Waals surface area contributed by atoms with Crippen molar-refractivity contribution in [1.29, 1.82) is 0 Å². The fourth-order valence-electron chi connectivity index (χ4n) is 2.21. The van der Waals surface area contributed by atoms with Gasteiger partial charge in [0.25, 0.3) is 0 Å². The Balaban J connectivity index is 1.81. The largest absolute Gasteiger partial charge is 0.395 e. The summed E-state index contributed by atoms with van der Waals surface area (Å²) in [5.41, 5.74) is 1.98. The zero-order chi connectivity index (χ0) is 14.2. The van der Waals surface area contributed by atoms with Crippen LogP contribution in [-0.4, -0.2) is 17.6 Å². The molecular weight excluding hydrogens is 250 g/mol. The molecule has 20 heavy (non-hydrogen) atoms. The van der Waals surface area contributed by atoms with Crippen LogP contribution in [0.1, 0.15) is 43.2 Å². The van der Waals surface area contributed by atoms with Crippen molar-refractivity contribution in [2.75, 3.05) is 6.61 Å². The Labute approximate surface area is 120 Å². The van der Waals surface area contributed by atoms with E-state index in [1.54, 1.807) is 0 Å². The molecule has 0 atom stereocenters. The molecule has 0 radical (unpaired) electrons. The minimum Gasteiger partial charge on any atom is -0.395 e. The van der Waals surface area contributed by atoms with E-state index in [2.05, 4.69) is 17.2 Å². The number of carbonyl (C=O) groups is 1. The second kappa shape index (κ2) is 7.72. The first-order valence-electron chi connectivity index (χ1n) is 7.23. The topological polar surface area (TPSA) is 49.3 Å². The van der Waals surface area contributed by atoms with E-state index in [9.17, 15) is 4.79 Å². The lowest BCUT2D eigenvalue weighted by atomic mass is 9.83. The second-order valence-electron chi connectivity index (χ2n) is 5.25. The molecular formula is C17H21NO2. The third kappa shape index (κ3) is 4.71. The van der Waals surface area contributed by atoms with Gasteiger partial charge >= 0.3 is 0 Å². The summed E-state index contributed by atoms with van der Waals surface area (Å²) in [5, 5.41) is 11.7. The van der Waals surface area contributed by atoms with Crippen molar-refractivity contribution in [3.63, 3.8) is 0 Å². The van der Waals surface area contributed by atoms with Crippen LogP contribution in [0.3, 0.4) is 0 Å². The lowest BCUT2D eigenvalue weighted by Gasteiger charge is -2.24. The Kier molecular flexibility index (Phi) is 5.64. The number of hydrogen-bond donors (Lipinski definition) is 2. The average Bonchev–Trinajstić information content (AvgIpc) is 2.41. The number of nitrogens with one attached hydrogen (secondary N) is 1. The van der Waals surface area contributed by atoms with Crippen LogP contribution in [0.4, 0.5) is 0 Å². The van der Waals surface area contributed by atoms with E-state index in [4.69, 9.17) is 5.11 Å². The first-order valence-corrected chi connectivity index (χ1v) is 7.23. The molecule has 0 spiro atoms. The van der Waals surface area contributed by atoms with Gasteiger partial charge in [-0.15, -0.1) is 0 Å². The highest BCUT2D eigenvalue weighted by molar-refractivity contribution is 5.76. The maximum atomic E-state index is 11.7. The van der Waals surface area contributed by atoms with Crippen molar-refractivity contribution in [2.24, 2.45) is 5.92 Å². The molecule has 1 aliphatic carbocycles. The molecule has 2 rings (SSSR count). The summed E-state index contributed by atoms with van der Waals surface area (Å²) in [5.74, 6) is 6.65. The Morgan fingerprint density at radius 1 is 1.40 bits per heavy atom. The van der Waals surface area contributed by atoms with Crippen molar-refractivity contribution in [2.45, 2.75) is 38.6 Å². The molecule has 1 aliphatic rings. The van der Waals surface area contributed by atoms with Crippen molar-refractivity contribution in [1.82, 2.24) is 5.32 Å². The van der Waals surface area contributed by atoms with Gasteiger partial charge in [-0.25, -0.2) is 0 Å². The highest BCUT2D eigenvalue weighted by Crippen LogP contribution is 2.29. The summed E-state index contributed by atoms with van der Waals surface area (Å²) >= 11 is 0. The van der Waals surface area contributed by atoms with Crippen LogP contribution < -0.4 is 5.32 Å². The lowest BCUT2D eigenvalue weighted by molar-refractivity contribution is -0.122. The zero-order valence-corrected chi connectivity index (χ0v) is 11.7. The van der Waals surface area contributed by atoms with Gasteiger partial charge in [-0.1, -0.05) is 30.4 Å². The molecule has 1 aromatic carbocycles. The van der Waals surface area contributed by atoms with Gasteiger partial charge in [-0.05, 0) is 36.5 Å². The minimum absolute atomic E-state index is 0.0872. The van der Waals surface area contributed by atoms with Crippen molar-refractivity contribution in [3.8, 4) is 11.8 Å². The highest BCUT2D eigenvalue weighted by Gasteiger charge is 2.20. The second-order valence-corrected chi connectivity index (χ2v) is 5.25. The quantitative estimate of drug-likeness (QED) is 0.807. The Bertz CT molecular complexity index is 509. The summed E-state index contributed by atoms with van der Waals surface area (Å²) in [6.07, 6.45) is 4.82. The lowest BCUT2D eigenvalue weighted by Crippen LogP contribution is -2.27. The number of amides is 1. The SMILES string of the molecule is O=C(CC1CCC1)NCc1cccc(C#CCCO)c1. The van der Waals surface area contributed by atoms with Gasteiger partial charge in [0.2, 0.25) is 5.91 Å². The molecule has 0 unspecified atom stereocenters. The van der Waals surface area contributed by atoms with Crippen LogP contribution in [0.5, 0.6) is 0 Å². The molecule has 1 aromatic rings. The van der Waals surface area contributed by atoms with Crippen LogP contribution in [0.15, 0.2) is 24.3 Å². The molecule has 106 valence electrons. The number of rotatable bonds is 5. The zero-order valence-electron chi connectivity index (χ0n) is 11.7. The Morgan fingerprint density at radius 2 is 2.25 bits per heavy atom. The van der Waals surface area contributed by atoms with Crippen molar-refractivity contribution in [3.05, 3.63) is 35.4 Å². The fourth-order valence-corrected chi connectivity index (χ4v) is 2.21. The van der Waals surface area contributed by atoms with Crippen LogP contribution in [0.25, 0.3) is 0 Å². The predicted molar refractivity (Wildman–Crippen MR) is 78.8 cm³/mol. The fraction of sp³-hybridized carbons (Fsp3) is 0.471. The van der Waals surface area contributed by atoms with Gasteiger partial charge < -0.3 is 10.4 Å². The Morgan fingerprint density at radius 3 is 2.95 bits per heavy atom. The smallest absolute Gasteiger partial charge is 0.220 e. The molecule has 1 amide bonds. The molecule has 0 aliphatic heterocycles. The predicted octanol–water partition coefficient (Wildman–Crippen LogP) is 2.23. The summed E-state index contributed by atoms with van der Waals surface area (Å²) in [6.45, 7) is 0.644. The number of benzene rings is 1. The molecule has 0 heterocycles. The van der Waals surface area contributed by atoms with Gasteiger partial charge in [0.05, 0.1) is 6.61 Å².